The molecule has 1 amide bonds. The van der Waals surface area contributed by atoms with Gasteiger partial charge in [0.05, 0.1) is 12.0 Å². The fourth-order valence-corrected chi connectivity index (χ4v) is 3.91. The number of rotatable bonds is 7. The van der Waals surface area contributed by atoms with Crippen LogP contribution >= 0.6 is 0 Å². The molecule has 3 rings (SSSR count). The van der Waals surface area contributed by atoms with E-state index in [1.807, 2.05) is 0 Å². The maximum Gasteiger partial charge on any atom is 0.261 e. The van der Waals surface area contributed by atoms with Gasteiger partial charge in [-0.25, -0.2) is 12.8 Å². The highest BCUT2D eigenvalue weighted by Crippen LogP contribution is 2.20. The summed E-state index contributed by atoms with van der Waals surface area (Å²) in [6, 6.07) is 18.1. The Morgan fingerprint density at radius 1 is 1.03 bits per heavy atom. The molecule has 0 bridgehead atoms. The third kappa shape index (κ3) is 5.15. The number of sulfonamides is 1. The Kier molecular flexibility index (Phi) is 6.37. The largest absolute Gasteiger partial charge is 0.497 e. The SMILES string of the molecule is COc1ccc(NS(=O)(=O)c2ccc(C(=O)N(C)Cc3cccc(F)c3)cc2)cc1. The molecule has 0 atom stereocenters. The summed E-state index contributed by atoms with van der Waals surface area (Å²) in [5, 5.41) is 0. The Bertz CT molecular complexity index is 1130. The van der Waals surface area contributed by atoms with Crippen LogP contribution in [0, 0.1) is 5.82 Å². The summed E-state index contributed by atoms with van der Waals surface area (Å²) in [5.74, 6) is -0.0539. The first-order valence-electron chi connectivity index (χ1n) is 9.05. The number of hydrogen-bond donors (Lipinski definition) is 1. The number of hydrogen-bond acceptors (Lipinski definition) is 4. The molecule has 0 aromatic heterocycles. The lowest BCUT2D eigenvalue weighted by Gasteiger charge is -2.17. The number of halogens is 1. The second kappa shape index (κ2) is 8.96. The number of nitrogens with zero attached hydrogens (tertiary/aromatic N) is 1. The van der Waals surface area contributed by atoms with Crippen LogP contribution in [-0.4, -0.2) is 33.4 Å². The number of methoxy groups -OCH3 is 1. The van der Waals surface area contributed by atoms with Gasteiger partial charge in [-0.15, -0.1) is 0 Å². The first-order chi connectivity index (χ1) is 14.3. The lowest BCUT2D eigenvalue weighted by Crippen LogP contribution is -2.26. The molecular formula is C22H21FN2O4S. The molecule has 3 aromatic rings. The lowest BCUT2D eigenvalue weighted by atomic mass is 10.1. The van der Waals surface area contributed by atoms with E-state index in [-0.39, 0.29) is 23.2 Å². The van der Waals surface area contributed by atoms with Crippen LogP contribution in [0.1, 0.15) is 15.9 Å². The fourth-order valence-electron chi connectivity index (χ4n) is 2.85. The summed E-state index contributed by atoms with van der Waals surface area (Å²) in [6.07, 6.45) is 0. The van der Waals surface area contributed by atoms with Gasteiger partial charge >= 0.3 is 0 Å². The monoisotopic (exact) mass is 428 g/mol. The number of carbonyl (C=O) groups is 1. The highest BCUT2D eigenvalue weighted by atomic mass is 32.2. The minimum absolute atomic E-state index is 0.0302. The Labute approximate surface area is 175 Å². The minimum Gasteiger partial charge on any atom is -0.497 e. The van der Waals surface area contributed by atoms with Crippen molar-refractivity contribution in [2.24, 2.45) is 0 Å². The highest BCUT2D eigenvalue weighted by Gasteiger charge is 2.17. The average Bonchev–Trinajstić information content (AvgIpc) is 2.73. The Hall–Kier alpha value is -3.39. The zero-order valence-electron chi connectivity index (χ0n) is 16.5. The summed E-state index contributed by atoms with van der Waals surface area (Å²) in [4.78, 5) is 14.1. The van der Waals surface area contributed by atoms with Gasteiger partial charge in [-0.2, -0.15) is 0 Å². The zero-order chi connectivity index (χ0) is 21.7. The Balaban J connectivity index is 1.70. The molecule has 0 aliphatic heterocycles. The molecule has 30 heavy (non-hydrogen) atoms. The first-order valence-corrected chi connectivity index (χ1v) is 10.5. The van der Waals surface area contributed by atoms with Crippen molar-refractivity contribution in [1.82, 2.24) is 4.90 Å². The number of amides is 1. The maximum absolute atomic E-state index is 13.3. The minimum atomic E-state index is -3.81. The predicted octanol–water partition coefficient (Wildman–Crippen LogP) is 3.91. The molecule has 0 fully saturated rings. The number of anilines is 1. The second-order valence-corrected chi connectivity index (χ2v) is 8.33. The molecule has 0 unspecified atom stereocenters. The third-order valence-corrected chi connectivity index (χ3v) is 5.81. The summed E-state index contributed by atoms with van der Waals surface area (Å²) in [5.41, 5.74) is 1.39. The zero-order valence-corrected chi connectivity index (χ0v) is 17.3. The third-order valence-electron chi connectivity index (χ3n) is 4.41. The average molecular weight is 428 g/mol. The van der Waals surface area contributed by atoms with E-state index in [0.29, 0.717) is 22.6 Å². The smallest absolute Gasteiger partial charge is 0.261 e. The molecule has 0 saturated heterocycles. The molecule has 0 heterocycles. The Morgan fingerprint density at radius 2 is 1.70 bits per heavy atom. The fraction of sp³-hybridized carbons (Fsp3) is 0.136. The lowest BCUT2D eigenvalue weighted by molar-refractivity contribution is 0.0785. The van der Waals surface area contributed by atoms with Crippen molar-refractivity contribution in [3.05, 3.63) is 89.7 Å². The summed E-state index contributed by atoms with van der Waals surface area (Å²) >= 11 is 0. The van der Waals surface area contributed by atoms with Gasteiger partial charge in [0.1, 0.15) is 11.6 Å². The van der Waals surface area contributed by atoms with Crippen LogP contribution in [-0.2, 0) is 16.6 Å². The molecule has 0 aliphatic carbocycles. The van der Waals surface area contributed by atoms with Crippen LogP contribution in [0.3, 0.4) is 0 Å². The number of benzene rings is 3. The van der Waals surface area contributed by atoms with Crippen molar-refractivity contribution >= 4 is 21.6 Å². The van der Waals surface area contributed by atoms with Crippen molar-refractivity contribution in [1.29, 1.82) is 0 Å². The van der Waals surface area contributed by atoms with E-state index < -0.39 is 10.0 Å². The second-order valence-electron chi connectivity index (χ2n) is 6.65. The van der Waals surface area contributed by atoms with E-state index >= 15 is 0 Å². The van der Waals surface area contributed by atoms with Gasteiger partial charge in [0.25, 0.3) is 15.9 Å². The first kappa shape index (κ1) is 21.3. The number of carbonyl (C=O) groups excluding carboxylic acids is 1. The van der Waals surface area contributed by atoms with Crippen molar-refractivity contribution in [2.45, 2.75) is 11.4 Å². The standard InChI is InChI=1S/C22H21FN2O4S/c1-25(15-16-4-3-5-18(23)14-16)22(26)17-6-12-21(13-7-17)30(27,28)24-19-8-10-20(29-2)11-9-19/h3-14,24H,15H2,1-2H3. The molecule has 6 nitrogen and oxygen atoms in total. The van der Waals surface area contributed by atoms with E-state index in [9.17, 15) is 17.6 Å². The van der Waals surface area contributed by atoms with Gasteiger partial charge in [0.2, 0.25) is 0 Å². The van der Waals surface area contributed by atoms with Gasteiger partial charge in [-0.05, 0) is 66.2 Å². The van der Waals surface area contributed by atoms with Crippen LogP contribution in [0.4, 0.5) is 10.1 Å². The van der Waals surface area contributed by atoms with Gasteiger partial charge in [-0.1, -0.05) is 12.1 Å². The van der Waals surface area contributed by atoms with Gasteiger partial charge in [0.15, 0.2) is 0 Å². The molecule has 0 radical (unpaired) electrons. The molecule has 3 aromatic carbocycles. The summed E-state index contributed by atoms with van der Waals surface area (Å²) in [7, 11) is -0.681. The van der Waals surface area contributed by atoms with Crippen molar-refractivity contribution in [3.63, 3.8) is 0 Å². The molecule has 0 saturated carbocycles. The summed E-state index contributed by atoms with van der Waals surface area (Å²) < 4.78 is 46.0. The number of nitrogens with one attached hydrogen (secondary N) is 1. The van der Waals surface area contributed by atoms with Crippen LogP contribution in [0.5, 0.6) is 5.75 Å². The number of ether oxygens (including phenoxy) is 1. The van der Waals surface area contributed by atoms with Gasteiger partial charge < -0.3 is 9.64 Å². The van der Waals surface area contributed by atoms with Crippen molar-refractivity contribution in [3.8, 4) is 5.75 Å². The topological polar surface area (TPSA) is 75.7 Å². The van der Waals surface area contributed by atoms with Crippen molar-refractivity contribution in [2.75, 3.05) is 18.9 Å². The van der Waals surface area contributed by atoms with Crippen LogP contribution in [0.15, 0.2) is 77.7 Å². The van der Waals surface area contributed by atoms with Gasteiger partial charge in [-0.3, -0.25) is 9.52 Å². The van der Waals surface area contributed by atoms with Crippen LogP contribution in [0.25, 0.3) is 0 Å². The normalized spacial score (nSPS) is 11.0. The molecule has 8 heteroatoms. The molecule has 1 N–H and O–H groups in total. The highest BCUT2D eigenvalue weighted by molar-refractivity contribution is 7.92. The van der Waals surface area contributed by atoms with Crippen LogP contribution in [0.2, 0.25) is 0 Å². The Morgan fingerprint density at radius 3 is 2.30 bits per heavy atom. The maximum atomic E-state index is 13.3. The summed E-state index contributed by atoms with van der Waals surface area (Å²) in [6.45, 7) is 0.232. The van der Waals surface area contributed by atoms with Crippen LogP contribution < -0.4 is 9.46 Å². The van der Waals surface area contributed by atoms with E-state index in [1.54, 1.807) is 43.4 Å². The predicted molar refractivity (Wildman–Crippen MR) is 112 cm³/mol. The van der Waals surface area contributed by atoms with E-state index in [1.165, 1.54) is 48.4 Å². The molecule has 0 spiro atoms. The van der Waals surface area contributed by atoms with E-state index in [2.05, 4.69) is 4.72 Å². The molecule has 156 valence electrons. The van der Waals surface area contributed by atoms with Crippen molar-refractivity contribution < 1.29 is 22.3 Å². The van der Waals surface area contributed by atoms with E-state index in [4.69, 9.17) is 4.74 Å². The van der Waals surface area contributed by atoms with E-state index in [0.717, 1.165) is 0 Å². The van der Waals surface area contributed by atoms with Gasteiger partial charge in [0, 0.05) is 24.8 Å². The quantitative estimate of drug-likeness (QED) is 0.619. The molecular weight excluding hydrogens is 407 g/mol. The molecule has 0 aliphatic rings.